The average Bonchev–Trinajstić information content (AvgIpc) is 2.93. The lowest BCUT2D eigenvalue weighted by atomic mass is 10.1. The van der Waals surface area contributed by atoms with E-state index in [2.05, 4.69) is 0 Å². The zero-order chi connectivity index (χ0) is 20.1. The minimum absolute atomic E-state index is 0.0916. The lowest BCUT2D eigenvalue weighted by Gasteiger charge is -2.11. The first-order chi connectivity index (χ1) is 13.5. The van der Waals surface area contributed by atoms with Crippen molar-refractivity contribution in [3.05, 3.63) is 69.1 Å². The molecule has 0 N–H and O–H groups in total. The summed E-state index contributed by atoms with van der Waals surface area (Å²) in [6.45, 7) is 0.541. The van der Waals surface area contributed by atoms with Crippen molar-refractivity contribution in [2.24, 2.45) is 0 Å². The van der Waals surface area contributed by atoms with Crippen molar-refractivity contribution in [1.29, 1.82) is 0 Å². The zero-order valence-electron chi connectivity index (χ0n) is 14.9. The second-order valence-corrected chi connectivity index (χ2v) is 7.41. The van der Waals surface area contributed by atoms with E-state index in [1.807, 2.05) is 30.3 Å². The summed E-state index contributed by atoms with van der Waals surface area (Å²) in [7, 11) is 1.59. The maximum atomic E-state index is 12.2. The Bertz CT molecular complexity index is 947. The summed E-state index contributed by atoms with van der Waals surface area (Å²) in [5, 5.41) is 11.1. The van der Waals surface area contributed by atoms with Crippen LogP contribution in [0.1, 0.15) is 5.56 Å². The first-order valence-electron chi connectivity index (χ1n) is 8.26. The number of nitro benzene ring substituents is 1. The molecule has 1 aliphatic heterocycles. The molecule has 1 amide bonds. The summed E-state index contributed by atoms with van der Waals surface area (Å²) in [6.07, 6.45) is 1.56. The van der Waals surface area contributed by atoms with Gasteiger partial charge in [0.25, 0.3) is 11.6 Å². The molecule has 1 aliphatic rings. The molecule has 0 aliphatic carbocycles. The van der Waals surface area contributed by atoms with Crippen LogP contribution in [0.3, 0.4) is 0 Å². The lowest BCUT2D eigenvalue weighted by molar-refractivity contribution is -0.384. The Morgan fingerprint density at radius 3 is 2.54 bits per heavy atom. The van der Waals surface area contributed by atoms with Crippen molar-refractivity contribution in [3.63, 3.8) is 0 Å². The van der Waals surface area contributed by atoms with Crippen LogP contribution in [0.4, 0.5) is 5.69 Å². The Balaban J connectivity index is 1.76. The molecule has 1 heterocycles. The van der Waals surface area contributed by atoms with Crippen LogP contribution >= 0.6 is 24.0 Å². The van der Waals surface area contributed by atoms with E-state index in [9.17, 15) is 14.9 Å². The number of benzene rings is 2. The molecule has 0 atom stereocenters. The number of thiocarbonyl (C=S) groups is 1. The Hall–Kier alpha value is -2.91. The fourth-order valence-corrected chi connectivity index (χ4v) is 3.58. The Labute approximate surface area is 171 Å². The highest BCUT2D eigenvalue weighted by Gasteiger charge is 2.29. The Morgan fingerprint density at radius 1 is 1.18 bits per heavy atom. The minimum Gasteiger partial charge on any atom is -0.490 e. The summed E-state index contributed by atoms with van der Waals surface area (Å²) >= 11 is 6.26. The summed E-state index contributed by atoms with van der Waals surface area (Å²) in [5.74, 6) is 0.894. The quantitative estimate of drug-likeness (QED) is 0.223. The second-order valence-electron chi connectivity index (χ2n) is 5.73. The van der Waals surface area contributed by atoms with E-state index < -0.39 is 4.92 Å². The standard InChI is InChI=1S/C19H16N2O5S2/c1-20-18(22)17(28-19(20)27)12-13-11-14(21(23)24)7-8-16(13)26-10-9-25-15-5-3-2-4-6-15/h2-8,11-12H,9-10H2,1H3/b17-12-. The van der Waals surface area contributed by atoms with Gasteiger partial charge in [0.2, 0.25) is 0 Å². The Morgan fingerprint density at radius 2 is 1.89 bits per heavy atom. The number of non-ortho nitro benzene ring substituents is 1. The van der Waals surface area contributed by atoms with Gasteiger partial charge in [-0.2, -0.15) is 0 Å². The predicted octanol–water partition coefficient (Wildman–Crippen LogP) is 3.88. The van der Waals surface area contributed by atoms with Gasteiger partial charge in [-0.25, -0.2) is 0 Å². The molecule has 9 heteroatoms. The molecular formula is C19H16N2O5S2. The third-order valence-corrected chi connectivity index (χ3v) is 5.31. The van der Waals surface area contributed by atoms with Crippen molar-refractivity contribution in [3.8, 4) is 11.5 Å². The zero-order valence-corrected chi connectivity index (χ0v) is 16.5. The number of likely N-dealkylation sites (N-methyl/N-ethyl adjacent to an activating group) is 1. The van der Waals surface area contributed by atoms with E-state index in [1.165, 1.54) is 23.1 Å². The van der Waals surface area contributed by atoms with E-state index in [4.69, 9.17) is 21.7 Å². The second kappa shape index (κ2) is 8.85. The van der Waals surface area contributed by atoms with Crippen LogP contribution in [0, 0.1) is 10.1 Å². The first-order valence-corrected chi connectivity index (χ1v) is 9.49. The predicted molar refractivity (Wildman–Crippen MR) is 111 cm³/mol. The molecule has 1 saturated heterocycles. The number of rotatable bonds is 7. The number of hydrogen-bond donors (Lipinski definition) is 0. The van der Waals surface area contributed by atoms with Crippen molar-refractivity contribution in [1.82, 2.24) is 4.90 Å². The van der Waals surface area contributed by atoms with Gasteiger partial charge in [-0.3, -0.25) is 19.8 Å². The maximum absolute atomic E-state index is 12.2. The highest BCUT2D eigenvalue weighted by molar-refractivity contribution is 8.26. The summed E-state index contributed by atoms with van der Waals surface area (Å²) in [5.41, 5.74) is 0.342. The van der Waals surface area contributed by atoms with E-state index >= 15 is 0 Å². The lowest BCUT2D eigenvalue weighted by Crippen LogP contribution is -2.22. The van der Waals surface area contributed by atoms with Gasteiger partial charge in [-0.15, -0.1) is 0 Å². The summed E-state index contributed by atoms with van der Waals surface area (Å²) in [6, 6.07) is 13.5. The number of amides is 1. The van der Waals surface area contributed by atoms with Crippen LogP contribution in [-0.4, -0.2) is 40.3 Å². The first kappa shape index (κ1) is 19.8. The number of thioether (sulfide) groups is 1. The molecule has 3 rings (SSSR count). The summed E-state index contributed by atoms with van der Waals surface area (Å²) < 4.78 is 11.7. The van der Waals surface area contributed by atoms with Gasteiger partial charge in [0.05, 0.1) is 9.83 Å². The van der Waals surface area contributed by atoms with E-state index in [0.717, 1.165) is 17.5 Å². The molecule has 0 aromatic heterocycles. The van der Waals surface area contributed by atoms with Gasteiger partial charge in [-0.05, 0) is 24.3 Å². The molecule has 7 nitrogen and oxygen atoms in total. The molecule has 2 aromatic carbocycles. The van der Waals surface area contributed by atoms with Crippen LogP contribution < -0.4 is 9.47 Å². The van der Waals surface area contributed by atoms with Crippen molar-refractivity contribution < 1.29 is 19.2 Å². The number of hydrogen-bond acceptors (Lipinski definition) is 7. The molecular weight excluding hydrogens is 400 g/mol. The van der Waals surface area contributed by atoms with Crippen molar-refractivity contribution >= 4 is 46.0 Å². The molecule has 2 aromatic rings. The van der Waals surface area contributed by atoms with E-state index in [0.29, 0.717) is 27.1 Å². The number of carbonyl (C=O) groups is 1. The Kier molecular flexibility index (Phi) is 6.27. The molecule has 0 radical (unpaired) electrons. The largest absolute Gasteiger partial charge is 0.490 e. The fourth-order valence-electron chi connectivity index (χ4n) is 2.41. The molecule has 0 spiro atoms. The van der Waals surface area contributed by atoms with Crippen LogP contribution in [0.5, 0.6) is 11.5 Å². The van der Waals surface area contributed by atoms with Crippen LogP contribution in [-0.2, 0) is 4.79 Å². The van der Waals surface area contributed by atoms with E-state index in [1.54, 1.807) is 13.1 Å². The molecule has 144 valence electrons. The van der Waals surface area contributed by atoms with Crippen LogP contribution in [0.2, 0.25) is 0 Å². The average molecular weight is 416 g/mol. The fraction of sp³-hybridized carbons (Fsp3) is 0.158. The monoisotopic (exact) mass is 416 g/mol. The number of carbonyl (C=O) groups excluding carboxylic acids is 1. The van der Waals surface area contributed by atoms with Gasteiger partial charge in [0.15, 0.2) is 0 Å². The summed E-state index contributed by atoms with van der Waals surface area (Å²) in [4.78, 5) is 24.6. The highest BCUT2D eigenvalue weighted by atomic mass is 32.2. The van der Waals surface area contributed by atoms with Crippen LogP contribution in [0.25, 0.3) is 6.08 Å². The molecule has 1 fully saturated rings. The van der Waals surface area contributed by atoms with Gasteiger partial charge < -0.3 is 9.47 Å². The number of nitro groups is 1. The van der Waals surface area contributed by atoms with Gasteiger partial charge in [0.1, 0.15) is 29.0 Å². The van der Waals surface area contributed by atoms with E-state index in [-0.39, 0.29) is 18.2 Å². The molecule has 0 saturated carbocycles. The topological polar surface area (TPSA) is 81.9 Å². The SMILES string of the molecule is CN1C(=O)/C(=C/c2cc([N+](=O)[O-])ccc2OCCOc2ccccc2)SC1=S. The molecule has 0 bridgehead atoms. The highest BCUT2D eigenvalue weighted by Crippen LogP contribution is 2.34. The van der Waals surface area contributed by atoms with Crippen LogP contribution in [0.15, 0.2) is 53.4 Å². The third-order valence-electron chi connectivity index (χ3n) is 3.83. The maximum Gasteiger partial charge on any atom is 0.270 e. The van der Waals surface area contributed by atoms with Gasteiger partial charge in [0, 0.05) is 24.7 Å². The number of ether oxygens (including phenoxy) is 2. The van der Waals surface area contributed by atoms with Gasteiger partial charge in [-0.1, -0.05) is 42.2 Å². The van der Waals surface area contributed by atoms with Gasteiger partial charge >= 0.3 is 0 Å². The molecule has 0 unspecified atom stereocenters. The minimum atomic E-state index is -0.495. The normalized spacial score (nSPS) is 15.2. The molecule has 28 heavy (non-hydrogen) atoms. The third kappa shape index (κ3) is 4.68. The van der Waals surface area contributed by atoms with Crippen molar-refractivity contribution in [2.75, 3.05) is 20.3 Å². The number of nitrogens with zero attached hydrogens (tertiary/aromatic N) is 2. The number of para-hydroxylation sites is 1. The smallest absolute Gasteiger partial charge is 0.270 e. The van der Waals surface area contributed by atoms with Crippen molar-refractivity contribution in [2.45, 2.75) is 0 Å².